The van der Waals surface area contributed by atoms with Gasteiger partial charge in [0, 0.05) is 0 Å². The molecule has 66 valence electrons. The first kappa shape index (κ1) is 8.17. The SMILES string of the molecule is CON=[N+]([O-])Cn1nn[nH]c1=O. The molecule has 0 aliphatic rings. The molecule has 1 rings (SSSR count). The molecule has 9 nitrogen and oxygen atoms in total. The summed E-state index contributed by atoms with van der Waals surface area (Å²) in [7, 11) is 1.22. The summed E-state index contributed by atoms with van der Waals surface area (Å²) < 4.78 is 0.801. The highest BCUT2D eigenvalue weighted by Crippen LogP contribution is 1.78. The molecule has 1 aromatic heterocycles. The van der Waals surface area contributed by atoms with Crippen molar-refractivity contribution in [3.8, 4) is 0 Å². The molecule has 9 heteroatoms. The minimum absolute atomic E-state index is 0.157. The van der Waals surface area contributed by atoms with E-state index < -0.39 is 5.69 Å². The molecule has 0 spiro atoms. The van der Waals surface area contributed by atoms with Crippen LogP contribution in [0.15, 0.2) is 10.1 Å². The lowest BCUT2D eigenvalue weighted by atomic mass is 11.0. The molecule has 0 aliphatic carbocycles. The minimum Gasteiger partial charge on any atom is -0.596 e. The molecule has 0 atom stereocenters. The van der Waals surface area contributed by atoms with E-state index in [1.807, 2.05) is 5.10 Å². The van der Waals surface area contributed by atoms with Crippen LogP contribution in [-0.2, 0) is 11.5 Å². The van der Waals surface area contributed by atoms with E-state index in [1.165, 1.54) is 7.11 Å². The molecule has 0 aromatic carbocycles. The normalized spacial score (nSPS) is 11.6. The van der Waals surface area contributed by atoms with Crippen molar-refractivity contribution in [3.63, 3.8) is 0 Å². The van der Waals surface area contributed by atoms with Crippen LogP contribution in [0.4, 0.5) is 0 Å². The molecule has 0 aliphatic heterocycles. The molecule has 1 aromatic rings. The number of rotatable bonds is 3. The molecule has 0 fully saturated rings. The van der Waals surface area contributed by atoms with Gasteiger partial charge in [0.25, 0.3) is 6.67 Å². The Morgan fingerprint density at radius 2 is 2.67 bits per heavy atom. The molecule has 12 heavy (non-hydrogen) atoms. The van der Waals surface area contributed by atoms with Crippen molar-refractivity contribution in [1.29, 1.82) is 0 Å². The third-order valence-electron chi connectivity index (χ3n) is 0.960. The van der Waals surface area contributed by atoms with E-state index >= 15 is 0 Å². The second kappa shape index (κ2) is 3.46. The lowest BCUT2D eigenvalue weighted by molar-refractivity contribution is -0.588. The average molecular weight is 174 g/mol. The van der Waals surface area contributed by atoms with Gasteiger partial charge in [0.15, 0.2) is 0 Å². The molecule has 0 radical (unpaired) electrons. The Balaban J connectivity index is 2.70. The molecule has 0 unspecified atom stereocenters. The van der Waals surface area contributed by atoms with Gasteiger partial charge in [-0.15, -0.1) is 4.68 Å². The van der Waals surface area contributed by atoms with E-state index in [9.17, 15) is 10.0 Å². The Hall–Kier alpha value is -1.93. The van der Waals surface area contributed by atoms with Crippen LogP contribution in [0.2, 0.25) is 0 Å². The highest BCUT2D eigenvalue weighted by molar-refractivity contribution is 4.46. The van der Waals surface area contributed by atoms with Crippen LogP contribution in [0.1, 0.15) is 0 Å². The first-order valence-electron chi connectivity index (χ1n) is 2.91. The Morgan fingerprint density at radius 1 is 1.92 bits per heavy atom. The fraction of sp³-hybridized carbons (Fsp3) is 0.667. The Morgan fingerprint density at radius 3 is 3.17 bits per heavy atom. The summed E-state index contributed by atoms with van der Waals surface area (Å²) in [5.41, 5.74) is -0.581. The number of nitrogens with zero attached hydrogens (tertiary/aromatic N) is 5. The van der Waals surface area contributed by atoms with E-state index in [4.69, 9.17) is 0 Å². The van der Waals surface area contributed by atoms with Crippen LogP contribution in [-0.4, -0.2) is 32.2 Å². The van der Waals surface area contributed by atoms with Gasteiger partial charge >= 0.3 is 5.69 Å². The number of aromatic nitrogens is 4. The van der Waals surface area contributed by atoms with Crippen molar-refractivity contribution in [3.05, 3.63) is 15.7 Å². The highest BCUT2D eigenvalue weighted by Gasteiger charge is 2.03. The van der Waals surface area contributed by atoms with Crippen molar-refractivity contribution in [1.82, 2.24) is 20.2 Å². The van der Waals surface area contributed by atoms with Crippen molar-refractivity contribution in [2.24, 2.45) is 5.28 Å². The van der Waals surface area contributed by atoms with Crippen LogP contribution in [0.5, 0.6) is 0 Å². The molecular formula is C3H6N6O3. The van der Waals surface area contributed by atoms with Crippen molar-refractivity contribution >= 4 is 0 Å². The Labute approximate surface area is 65.8 Å². The lowest BCUT2D eigenvalue weighted by Gasteiger charge is -1.95. The summed E-state index contributed by atoms with van der Waals surface area (Å²) in [4.78, 5) is 15.0. The molecule has 0 saturated heterocycles. The smallest absolute Gasteiger partial charge is 0.366 e. The van der Waals surface area contributed by atoms with Crippen molar-refractivity contribution < 1.29 is 9.70 Å². The largest absolute Gasteiger partial charge is 0.596 e. The third kappa shape index (κ3) is 1.78. The van der Waals surface area contributed by atoms with Crippen molar-refractivity contribution in [2.75, 3.05) is 7.11 Å². The van der Waals surface area contributed by atoms with Crippen LogP contribution in [0, 0.1) is 5.21 Å². The van der Waals surface area contributed by atoms with E-state index in [2.05, 4.69) is 20.5 Å². The minimum atomic E-state index is -0.581. The lowest BCUT2D eigenvalue weighted by Crippen LogP contribution is -2.22. The number of hydrogen-bond donors (Lipinski definition) is 1. The fourth-order valence-corrected chi connectivity index (χ4v) is 0.541. The number of hydrogen-bond acceptors (Lipinski definition) is 6. The topological polar surface area (TPSA) is 111 Å². The van der Waals surface area contributed by atoms with Crippen LogP contribution < -0.4 is 5.69 Å². The summed E-state index contributed by atoms with van der Waals surface area (Å²) in [6, 6.07) is 0. The van der Waals surface area contributed by atoms with E-state index in [1.54, 1.807) is 0 Å². The van der Waals surface area contributed by atoms with E-state index in [0.29, 0.717) is 0 Å². The Bertz CT molecular complexity index is 325. The maximum Gasteiger partial charge on any atom is 0.366 e. The van der Waals surface area contributed by atoms with Crippen LogP contribution in [0.3, 0.4) is 0 Å². The number of H-pyrrole nitrogens is 1. The van der Waals surface area contributed by atoms with Gasteiger partial charge in [-0.1, -0.05) is 0 Å². The molecule has 0 bridgehead atoms. The quantitative estimate of drug-likeness (QED) is 0.338. The number of aromatic amines is 1. The summed E-state index contributed by atoms with van der Waals surface area (Å²) in [5.74, 6) is 0. The molecule has 1 heterocycles. The van der Waals surface area contributed by atoms with Gasteiger partial charge in [0.2, 0.25) is 5.28 Å². The summed E-state index contributed by atoms with van der Waals surface area (Å²) >= 11 is 0. The molecule has 0 amide bonds. The second-order valence-electron chi connectivity index (χ2n) is 1.76. The maximum absolute atomic E-state index is 10.7. The number of hydroxylamine groups is 1. The first-order valence-corrected chi connectivity index (χ1v) is 2.91. The summed E-state index contributed by atoms with van der Waals surface area (Å²) in [5, 5.41) is 22.1. The van der Waals surface area contributed by atoms with Gasteiger partial charge in [-0.3, -0.25) is 0 Å². The first-order chi connectivity index (χ1) is 5.74. The second-order valence-corrected chi connectivity index (χ2v) is 1.76. The standard InChI is InChI=1S/C3H6N6O3/c1-12-7-9(11)2-8-3(10)4-5-6-8/h2H2,1H3,(H,4,6,10). The predicted octanol–water partition coefficient (Wildman–Crippen LogP) is -1.55. The van der Waals surface area contributed by atoms with Gasteiger partial charge < -0.3 is 10.0 Å². The van der Waals surface area contributed by atoms with Gasteiger partial charge in [-0.2, -0.15) is 0 Å². The van der Waals surface area contributed by atoms with Gasteiger partial charge in [-0.05, 0) is 15.3 Å². The number of nitrogens with one attached hydrogen (secondary N) is 1. The molecular weight excluding hydrogens is 168 g/mol. The Kier molecular flexibility index (Phi) is 2.35. The summed E-state index contributed by atoms with van der Waals surface area (Å²) in [6.07, 6.45) is 0. The van der Waals surface area contributed by atoms with Crippen molar-refractivity contribution in [2.45, 2.75) is 6.67 Å². The predicted molar refractivity (Wildman–Crippen MR) is 33.7 cm³/mol. The maximum atomic E-state index is 10.7. The zero-order chi connectivity index (χ0) is 8.97. The van der Waals surface area contributed by atoms with Crippen LogP contribution >= 0.6 is 0 Å². The number of tetrazole rings is 1. The average Bonchev–Trinajstić information content (AvgIpc) is 2.37. The fourth-order valence-electron chi connectivity index (χ4n) is 0.541. The molecule has 1 N–H and O–H groups in total. The monoisotopic (exact) mass is 174 g/mol. The van der Waals surface area contributed by atoms with E-state index in [0.717, 1.165) is 4.68 Å². The van der Waals surface area contributed by atoms with Gasteiger partial charge in [0.05, 0.1) is 0 Å². The zero-order valence-corrected chi connectivity index (χ0v) is 6.17. The van der Waals surface area contributed by atoms with Gasteiger partial charge in [0.1, 0.15) is 7.11 Å². The molecule has 0 saturated carbocycles. The zero-order valence-electron chi connectivity index (χ0n) is 6.17. The van der Waals surface area contributed by atoms with Crippen LogP contribution in [0.25, 0.3) is 0 Å². The van der Waals surface area contributed by atoms with E-state index in [-0.39, 0.29) is 11.5 Å². The summed E-state index contributed by atoms with van der Waals surface area (Å²) in [6.45, 7) is -0.358. The highest BCUT2D eigenvalue weighted by atomic mass is 16.7. The third-order valence-corrected chi connectivity index (χ3v) is 0.960. The van der Waals surface area contributed by atoms with Gasteiger partial charge in [-0.25, -0.2) is 9.89 Å².